The summed E-state index contributed by atoms with van der Waals surface area (Å²) in [6, 6.07) is -0.348. The highest BCUT2D eigenvalue weighted by atomic mass is 16.9. The molecule has 1 atom stereocenters. The fourth-order valence-electron chi connectivity index (χ4n) is 1.11. The van der Waals surface area contributed by atoms with Crippen LogP contribution in [0.15, 0.2) is 12.2 Å². The van der Waals surface area contributed by atoms with Crippen LogP contribution in [0.1, 0.15) is 33.1 Å². The number of hydrogen-bond donors (Lipinski definition) is 1. The van der Waals surface area contributed by atoms with E-state index in [1.54, 1.807) is 6.92 Å². The molecule has 16 heavy (non-hydrogen) atoms. The molecule has 0 aromatic carbocycles. The summed E-state index contributed by atoms with van der Waals surface area (Å²) < 4.78 is 0. The maximum atomic E-state index is 11.3. The van der Waals surface area contributed by atoms with Crippen molar-refractivity contribution in [2.45, 2.75) is 39.2 Å². The Labute approximate surface area is 94.8 Å². The van der Waals surface area contributed by atoms with Crippen LogP contribution in [-0.4, -0.2) is 23.6 Å². The highest BCUT2D eigenvalue weighted by Crippen LogP contribution is 1.97. The molecule has 1 N–H and O–H groups in total. The van der Waals surface area contributed by atoms with Crippen molar-refractivity contribution in [2.75, 3.05) is 6.61 Å². The zero-order valence-electron chi connectivity index (χ0n) is 9.64. The second-order valence-electron chi connectivity index (χ2n) is 3.45. The van der Waals surface area contributed by atoms with Crippen LogP contribution in [-0.2, 0) is 9.63 Å². The number of rotatable bonds is 8. The normalized spacial score (nSPS) is 12.4. The topological polar surface area (TPSA) is 81.5 Å². The maximum absolute atomic E-state index is 11.3. The van der Waals surface area contributed by atoms with Gasteiger partial charge in [0, 0.05) is 12.5 Å². The van der Waals surface area contributed by atoms with Gasteiger partial charge in [-0.15, -0.1) is 10.1 Å². The third-order valence-corrected chi connectivity index (χ3v) is 1.85. The van der Waals surface area contributed by atoms with Crippen LogP contribution in [0, 0.1) is 10.1 Å². The second kappa shape index (κ2) is 8.70. The van der Waals surface area contributed by atoms with Crippen LogP contribution in [0.2, 0.25) is 0 Å². The Hall–Kier alpha value is -1.59. The van der Waals surface area contributed by atoms with E-state index in [1.165, 1.54) is 0 Å². The number of nitrogens with one attached hydrogen (secondary N) is 1. The lowest BCUT2D eigenvalue weighted by Gasteiger charge is -2.11. The van der Waals surface area contributed by atoms with Crippen molar-refractivity contribution in [1.82, 2.24) is 5.32 Å². The van der Waals surface area contributed by atoms with E-state index >= 15 is 0 Å². The van der Waals surface area contributed by atoms with Crippen molar-refractivity contribution >= 4 is 5.91 Å². The van der Waals surface area contributed by atoms with Gasteiger partial charge >= 0.3 is 0 Å². The Bertz CT molecular complexity index is 253. The molecular weight excluding hydrogens is 212 g/mol. The van der Waals surface area contributed by atoms with Gasteiger partial charge in [-0.05, 0) is 26.7 Å². The van der Waals surface area contributed by atoms with E-state index in [1.807, 2.05) is 19.1 Å². The minimum absolute atomic E-state index is 0.107. The van der Waals surface area contributed by atoms with Crippen LogP contribution < -0.4 is 5.32 Å². The molecular formula is C10H18N2O4. The smallest absolute Gasteiger partial charge is 0.294 e. The monoisotopic (exact) mass is 230 g/mol. The Morgan fingerprint density at radius 2 is 2.31 bits per heavy atom. The summed E-state index contributed by atoms with van der Waals surface area (Å²) in [4.78, 5) is 25.3. The average Bonchev–Trinajstić information content (AvgIpc) is 2.21. The van der Waals surface area contributed by atoms with Crippen molar-refractivity contribution in [1.29, 1.82) is 0 Å². The predicted molar refractivity (Wildman–Crippen MR) is 59.2 cm³/mol. The molecule has 0 heterocycles. The number of nitrogens with zero attached hydrogens (tertiary/aromatic N) is 1. The molecule has 1 unspecified atom stereocenters. The van der Waals surface area contributed by atoms with Gasteiger partial charge in [0.2, 0.25) is 5.91 Å². The standard InChI is InChI=1S/C10H18N2O4/c1-3-4-5-6-7-10(13)11-9(2)8-16-12(14)15/h3-4,9H,5-8H2,1-2H3,(H,11,13)/b4-3-. The summed E-state index contributed by atoms with van der Waals surface area (Å²) in [5.41, 5.74) is 0. The van der Waals surface area contributed by atoms with Crippen LogP contribution in [0.25, 0.3) is 0 Å². The Balaban J connectivity index is 3.57. The molecule has 0 radical (unpaired) electrons. The summed E-state index contributed by atoms with van der Waals surface area (Å²) in [6.07, 6.45) is 5.99. The van der Waals surface area contributed by atoms with Crippen molar-refractivity contribution in [2.24, 2.45) is 0 Å². The molecule has 0 rings (SSSR count). The minimum atomic E-state index is -0.866. The van der Waals surface area contributed by atoms with E-state index in [-0.39, 0.29) is 18.6 Å². The van der Waals surface area contributed by atoms with E-state index in [0.717, 1.165) is 12.8 Å². The summed E-state index contributed by atoms with van der Waals surface area (Å²) in [6.45, 7) is 3.47. The average molecular weight is 230 g/mol. The zero-order chi connectivity index (χ0) is 12.4. The lowest BCUT2D eigenvalue weighted by Crippen LogP contribution is -2.36. The van der Waals surface area contributed by atoms with Gasteiger partial charge in [-0.3, -0.25) is 4.79 Å². The summed E-state index contributed by atoms with van der Waals surface area (Å²) >= 11 is 0. The molecule has 0 aromatic heterocycles. The largest absolute Gasteiger partial charge is 0.352 e. The molecule has 6 nitrogen and oxygen atoms in total. The van der Waals surface area contributed by atoms with Gasteiger partial charge in [0.15, 0.2) is 0 Å². The number of amides is 1. The fourth-order valence-corrected chi connectivity index (χ4v) is 1.11. The van der Waals surface area contributed by atoms with Crippen LogP contribution in [0.5, 0.6) is 0 Å². The van der Waals surface area contributed by atoms with E-state index in [0.29, 0.717) is 6.42 Å². The number of hydrogen-bond acceptors (Lipinski definition) is 4. The van der Waals surface area contributed by atoms with Crippen LogP contribution in [0.3, 0.4) is 0 Å². The Morgan fingerprint density at radius 3 is 2.88 bits per heavy atom. The molecule has 0 aliphatic heterocycles. The van der Waals surface area contributed by atoms with Gasteiger partial charge < -0.3 is 10.2 Å². The highest BCUT2D eigenvalue weighted by Gasteiger charge is 2.08. The maximum Gasteiger partial charge on any atom is 0.294 e. The molecule has 0 fully saturated rings. The van der Waals surface area contributed by atoms with Gasteiger partial charge in [0.1, 0.15) is 6.61 Å². The summed E-state index contributed by atoms with van der Waals surface area (Å²) in [7, 11) is 0. The second-order valence-corrected chi connectivity index (χ2v) is 3.45. The first-order chi connectivity index (χ1) is 7.56. The molecule has 92 valence electrons. The van der Waals surface area contributed by atoms with Gasteiger partial charge in [0.25, 0.3) is 5.09 Å². The molecule has 0 aliphatic rings. The first-order valence-corrected chi connectivity index (χ1v) is 5.24. The van der Waals surface area contributed by atoms with Gasteiger partial charge in [-0.1, -0.05) is 12.2 Å². The number of carbonyl (C=O) groups is 1. The van der Waals surface area contributed by atoms with Crippen molar-refractivity contribution in [3.63, 3.8) is 0 Å². The van der Waals surface area contributed by atoms with E-state index < -0.39 is 5.09 Å². The molecule has 0 bridgehead atoms. The van der Waals surface area contributed by atoms with Gasteiger partial charge in [0.05, 0.1) is 0 Å². The molecule has 6 heteroatoms. The lowest BCUT2D eigenvalue weighted by atomic mass is 10.2. The zero-order valence-corrected chi connectivity index (χ0v) is 9.64. The van der Waals surface area contributed by atoms with Crippen molar-refractivity contribution in [3.8, 4) is 0 Å². The van der Waals surface area contributed by atoms with Crippen LogP contribution >= 0.6 is 0 Å². The van der Waals surface area contributed by atoms with Crippen LogP contribution in [0.4, 0.5) is 0 Å². The molecule has 0 aromatic rings. The number of unbranched alkanes of at least 4 members (excludes halogenated alkanes) is 1. The fraction of sp³-hybridized carbons (Fsp3) is 0.700. The molecule has 0 saturated heterocycles. The van der Waals surface area contributed by atoms with E-state index in [4.69, 9.17) is 0 Å². The SMILES string of the molecule is C/C=C\CCCC(=O)NC(C)CO[N+](=O)[O-]. The molecule has 1 amide bonds. The van der Waals surface area contributed by atoms with Crippen molar-refractivity contribution in [3.05, 3.63) is 22.3 Å². The van der Waals surface area contributed by atoms with Crippen molar-refractivity contribution < 1.29 is 14.7 Å². The summed E-state index contributed by atoms with van der Waals surface area (Å²) in [5.74, 6) is -0.107. The first-order valence-electron chi connectivity index (χ1n) is 5.24. The van der Waals surface area contributed by atoms with E-state index in [2.05, 4.69) is 10.2 Å². The molecule has 0 aliphatic carbocycles. The third-order valence-electron chi connectivity index (χ3n) is 1.85. The third kappa shape index (κ3) is 8.98. The predicted octanol–water partition coefficient (Wildman–Crippen LogP) is 1.45. The first kappa shape index (κ1) is 14.4. The Morgan fingerprint density at radius 1 is 1.62 bits per heavy atom. The Kier molecular flexibility index (Phi) is 7.83. The lowest BCUT2D eigenvalue weighted by molar-refractivity contribution is -0.758. The molecule has 0 saturated carbocycles. The summed E-state index contributed by atoms with van der Waals surface area (Å²) in [5, 5.41) is 11.6. The quantitative estimate of drug-likeness (QED) is 0.296. The van der Waals surface area contributed by atoms with Gasteiger partial charge in [-0.25, -0.2) is 0 Å². The number of carbonyl (C=O) groups excluding carboxylic acids is 1. The van der Waals surface area contributed by atoms with Gasteiger partial charge in [-0.2, -0.15) is 0 Å². The van der Waals surface area contributed by atoms with E-state index in [9.17, 15) is 14.9 Å². The number of allylic oxidation sites excluding steroid dienone is 2. The highest BCUT2D eigenvalue weighted by molar-refractivity contribution is 5.76. The minimum Gasteiger partial charge on any atom is -0.352 e. The molecule has 0 spiro atoms.